The summed E-state index contributed by atoms with van der Waals surface area (Å²) in [6.07, 6.45) is 9.57. The molecule has 1 aliphatic carbocycles. The molecule has 3 rings (SSSR count). The van der Waals surface area contributed by atoms with Crippen molar-refractivity contribution >= 4 is 21.6 Å². The number of rotatable bonds is 4. The van der Waals surface area contributed by atoms with Gasteiger partial charge in [0.15, 0.2) is 0 Å². The predicted octanol–water partition coefficient (Wildman–Crippen LogP) is 4.47. The van der Waals surface area contributed by atoms with Gasteiger partial charge in [-0.2, -0.15) is 0 Å². The number of hydrogen-bond acceptors (Lipinski definition) is 2. The summed E-state index contributed by atoms with van der Waals surface area (Å²) < 4.78 is 1.20. The van der Waals surface area contributed by atoms with Crippen LogP contribution in [0.1, 0.15) is 50.5 Å². The van der Waals surface area contributed by atoms with Gasteiger partial charge in [0.1, 0.15) is 0 Å². The van der Waals surface area contributed by atoms with Crippen LogP contribution in [0.5, 0.6) is 0 Å². The molecule has 1 aliphatic heterocycles. The molecule has 0 bridgehead atoms. The van der Waals surface area contributed by atoms with Crippen LogP contribution in [0, 0.1) is 0 Å². The van der Waals surface area contributed by atoms with Gasteiger partial charge in [-0.05, 0) is 49.8 Å². The first kappa shape index (κ1) is 14.4. The van der Waals surface area contributed by atoms with Crippen molar-refractivity contribution in [2.75, 3.05) is 18.0 Å². The smallest absolute Gasteiger partial charge is 0.0423 e. The highest BCUT2D eigenvalue weighted by Crippen LogP contribution is 2.28. The fourth-order valence-electron chi connectivity index (χ4n) is 3.50. The monoisotopic (exact) mass is 336 g/mol. The lowest BCUT2D eigenvalue weighted by atomic mass is 10.1. The third-order valence-corrected chi connectivity index (χ3v) is 5.17. The fourth-order valence-corrected chi connectivity index (χ4v) is 3.85. The zero-order chi connectivity index (χ0) is 13.8. The highest BCUT2D eigenvalue weighted by atomic mass is 79.9. The highest BCUT2D eigenvalue weighted by Gasteiger charge is 2.17. The molecule has 2 fully saturated rings. The fraction of sp³-hybridized carbons (Fsp3) is 0.647. The third-order valence-electron chi connectivity index (χ3n) is 4.68. The normalized spacial score (nSPS) is 20.6. The van der Waals surface area contributed by atoms with Crippen LogP contribution in [-0.4, -0.2) is 19.1 Å². The van der Waals surface area contributed by atoms with E-state index in [-0.39, 0.29) is 0 Å². The van der Waals surface area contributed by atoms with E-state index in [1.54, 1.807) is 0 Å². The van der Waals surface area contributed by atoms with Gasteiger partial charge in [0, 0.05) is 35.8 Å². The second kappa shape index (κ2) is 6.95. The van der Waals surface area contributed by atoms with Gasteiger partial charge in [-0.1, -0.05) is 34.8 Å². The van der Waals surface area contributed by atoms with Crippen molar-refractivity contribution in [2.45, 2.75) is 57.5 Å². The summed E-state index contributed by atoms with van der Waals surface area (Å²) in [5.41, 5.74) is 2.89. The lowest BCUT2D eigenvalue weighted by Gasteiger charge is -2.31. The Balaban J connectivity index is 1.71. The summed E-state index contributed by atoms with van der Waals surface area (Å²) in [4.78, 5) is 2.57. The molecule has 0 spiro atoms. The van der Waals surface area contributed by atoms with Gasteiger partial charge < -0.3 is 10.2 Å². The van der Waals surface area contributed by atoms with Crippen molar-refractivity contribution in [2.24, 2.45) is 0 Å². The number of nitrogens with zero attached hydrogens (tertiary/aromatic N) is 1. The Hall–Kier alpha value is -0.540. The molecule has 1 heterocycles. The first-order valence-corrected chi connectivity index (χ1v) is 8.89. The molecule has 1 saturated carbocycles. The van der Waals surface area contributed by atoms with Gasteiger partial charge in [0.25, 0.3) is 0 Å². The molecule has 0 radical (unpaired) electrons. The van der Waals surface area contributed by atoms with E-state index in [0.717, 1.165) is 12.6 Å². The number of nitrogens with one attached hydrogen (secondary N) is 1. The Kier molecular flexibility index (Phi) is 5.00. The largest absolute Gasteiger partial charge is 0.371 e. The van der Waals surface area contributed by atoms with E-state index in [0.29, 0.717) is 0 Å². The van der Waals surface area contributed by atoms with Gasteiger partial charge in [-0.3, -0.25) is 0 Å². The first-order valence-electron chi connectivity index (χ1n) is 8.10. The lowest BCUT2D eigenvalue weighted by Crippen LogP contribution is -2.32. The average Bonchev–Trinajstić information content (AvgIpc) is 3.00. The Morgan fingerprint density at radius 1 is 1.05 bits per heavy atom. The second-order valence-electron chi connectivity index (χ2n) is 6.18. The minimum Gasteiger partial charge on any atom is -0.371 e. The molecule has 110 valence electrons. The average molecular weight is 337 g/mol. The minimum absolute atomic E-state index is 0.743. The summed E-state index contributed by atoms with van der Waals surface area (Å²) in [5.74, 6) is 0. The van der Waals surface area contributed by atoms with Gasteiger partial charge in [0.05, 0.1) is 0 Å². The topological polar surface area (TPSA) is 15.3 Å². The molecule has 1 N–H and O–H groups in total. The van der Waals surface area contributed by atoms with E-state index in [9.17, 15) is 0 Å². The Labute approximate surface area is 131 Å². The van der Waals surface area contributed by atoms with Crippen molar-refractivity contribution in [3.05, 3.63) is 28.2 Å². The minimum atomic E-state index is 0.743. The molecule has 2 nitrogen and oxygen atoms in total. The van der Waals surface area contributed by atoms with E-state index in [2.05, 4.69) is 44.3 Å². The zero-order valence-corrected chi connectivity index (χ0v) is 13.8. The molecule has 0 amide bonds. The molecule has 1 saturated heterocycles. The van der Waals surface area contributed by atoms with Crippen molar-refractivity contribution in [3.63, 3.8) is 0 Å². The Morgan fingerprint density at radius 2 is 1.80 bits per heavy atom. The predicted molar refractivity (Wildman–Crippen MR) is 89.3 cm³/mol. The first-order chi connectivity index (χ1) is 9.83. The molecular weight excluding hydrogens is 312 g/mol. The molecule has 3 heteroatoms. The van der Waals surface area contributed by atoms with E-state index in [4.69, 9.17) is 0 Å². The van der Waals surface area contributed by atoms with Crippen LogP contribution in [0.2, 0.25) is 0 Å². The van der Waals surface area contributed by atoms with Crippen molar-refractivity contribution in [1.29, 1.82) is 0 Å². The molecule has 0 atom stereocenters. The van der Waals surface area contributed by atoms with Crippen LogP contribution in [0.15, 0.2) is 22.7 Å². The molecule has 20 heavy (non-hydrogen) atoms. The van der Waals surface area contributed by atoms with Crippen LogP contribution in [0.3, 0.4) is 0 Å². The molecule has 0 aromatic heterocycles. The molecule has 2 aliphatic rings. The van der Waals surface area contributed by atoms with Gasteiger partial charge >= 0.3 is 0 Å². The van der Waals surface area contributed by atoms with Crippen molar-refractivity contribution in [3.8, 4) is 0 Å². The summed E-state index contributed by atoms with van der Waals surface area (Å²) in [7, 11) is 0. The van der Waals surface area contributed by atoms with Gasteiger partial charge in [-0.25, -0.2) is 0 Å². The second-order valence-corrected chi connectivity index (χ2v) is 7.10. The van der Waals surface area contributed by atoms with Crippen LogP contribution in [0.25, 0.3) is 0 Å². The molecular formula is C17H25BrN2. The number of halogens is 1. The van der Waals surface area contributed by atoms with Crippen LogP contribution < -0.4 is 10.2 Å². The summed E-state index contributed by atoms with van der Waals surface area (Å²) in [5, 5.41) is 3.75. The maximum absolute atomic E-state index is 3.75. The SMILES string of the molecule is Brc1ccc(CNC2CCCC2)c(N2CCCCC2)c1. The Bertz CT molecular complexity index is 435. The zero-order valence-electron chi connectivity index (χ0n) is 12.2. The molecule has 1 aromatic carbocycles. The number of anilines is 1. The van der Waals surface area contributed by atoms with Gasteiger partial charge in [-0.15, -0.1) is 0 Å². The van der Waals surface area contributed by atoms with E-state index < -0.39 is 0 Å². The van der Waals surface area contributed by atoms with Crippen LogP contribution in [-0.2, 0) is 6.54 Å². The molecule has 0 unspecified atom stereocenters. The summed E-state index contributed by atoms with van der Waals surface area (Å²) >= 11 is 3.63. The quantitative estimate of drug-likeness (QED) is 0.872. The summed E-state index contributed by atoms with van der Waals surface area (Å²) in [6.45, 7) is 3.45. The van der Waals surface area contributed by atoms with Crippen molar-refractivity contribution in [1.82, 2.24) is 5.32 Å². The maximum Gasteiger partial charge on any atom is 0.0423 e. The maximum atomic E-state index is 3.75. The lowest BCUT2D eigenvalue weighted by molar-refractivity contribution is 0.521. The highest BCUT2D eigenvalue weighted by molar-refractivity contribution is 9.10. The summed E-state index contributed by atoms with van der Waals surface area (Å²) in [6, 6.07) is 7.51. The standard InChI is InChI=1S/C17H25BrN2/c18-15-9-8-14(13-19-16-6-2-3-7-16)17(12-15)20-10-4-1-5-11-20/h8-9,12,16,19H,1-7,10-11,13H2. The Morgan fingerprint density at radius 3 is 2.55 bits per heavy atom. The van der Waals surface area contributed by atoms with Crippen LogP contribution in [0.4, 0.5) is 5.69 Å². The number of hydrogen-bond donors (Lipinski definition) is 1. The van der Waals surface area contributed by atoms with E-state index in [1.165, 1.54) is 73.8 Å². The van der Waals surface area contributed by atoms with Gasteiger partial charge in [0.2, 0.25) is 0 Å². The third kappa shape index (κ3) is 3.56. The van der Waals surface area contributed by atoms with Crippen molar-refractivity contribution < 1.29 is 0 Å². The molecule has 1 aromatic rings. The van der Waals surface area contributed by atoms with E-state index >= 15 is 0 Å². The number of piperidine rings is 1. The van der Waals surface area contributed by atoms with E-state index in [1.807, 2.05) is 0 Å². The van der Waals surface area contributed by atoms with Crippen LogP contribution >= 0.6 is 15.9 Å². The number of benzene rings is 1.